The van der Waals surface area contributed by atoms with Gasteiger partial charge in [0.1, 0.15) is 17.2 Å². The van der Waals surface area contributed by atoms with E-state index in [9.17, 15) is 4.79 Å². The molecule has 0 aromatic heterocycles. The fraction of sp³-hybridized carbons (Fsp3) is 0.188. The Labute approximate surface area is 137 Å². The molecule has 22 heavy (non-hydrogen) atoms. The van der Waals surface area contributed by atoms with Gasteiger partial charge in [0.05, 0.1) is 18.7 Å². The van der Waals surface area contributed by atoms with E-state index in [0.29, 0.717) is 22.9 Å². The highest BCUT2D eigenvalue weighted by Gasteiger charge is 2.08. The van der Waals surface area contributed by atoms with Gasteiger partial charge in [-0.05, 0) is 28.1 Å². The van der Waals surface area contributed by atoms with Crippen molar-refractivity contribution >= 4 is 27.5 Å². The molecule has 1 amide bonds. The normalized spacial score (nSPS) is 9.95. The molecule has 0 aliphatic heterocycles. The summed E-state index contributed by atoms with van der Waals surface area (Å²) in [5.41, 5.74) is 0.580. The average Bonchev–Trinajstić information content (AvgIpc) is 2.53. The monoisotopic (exact) mass is 365 g/mol. The van der Waals surface area contributed by atoms with E-state index in [1.165, 1.54) is 0 Å². The van der Waals surface area contributed by atoms with E-state index in [2.05, 4.69) is 21.2 Å². The zero-order valence-corrected chi connectivity index (χ0v) is 13.8. The first kappa shape index (κ1) is 16.2. The summed E-state index contributed by atoms with van der Waals surface area (Å²) in [7, 11) is 3.10. The highest BCUT2D eigenvalue weighted by molar-refractivity contribution is 9.10. The molecule has 0 saturated heterocycles. The topological polar surface area (TPSA) is 56.8 Å². The van der Waals surface area contributed by atoms with Crippen molar-refractivity contribution in [1.82, 2.24) is 0 Å². The van der Waals surface area contributed by atoms with Gasteiger partial charge in [-0.25, -0.2) is 0 Å². The van der Waals surface area contributed by atoms with Crippen LogP contribution in [0.15, 0.2) is 46.9 Å². The third-order valence-electron chi connectivity index (χ3n) is 2.83. The Morgan fingerprint density at radius 2 is 1.73 bits per heavy atom. The molecule has 0 spiro atoms. The second kappa shape index (κ2) is 7.70. The summed E-state index contributed by atoms with van der Waals surface area (Å²) >= 11 is 3.36. The molecule has 0 atom stereocenters. The first-order valence-electron chi connectivity index (χ1n) is 6.52. The van der Waals surface area contributed by atoms with E-state index in [0.717, 1.165) is 4.47 Å². The van der Waals surface area contributed by atoms with E-state index < -0.39 is 0 Å². The molecule has 0 heterocycles. The Bertz CT molecular complexity index is 638. The van der Waals surface area contributed by atoms with Crippen LogP contribution in [0.4, 0.5) is 5.69 Å². The fourth-order valence-corrected chi connectivity index (χ4v) is 2.18. The van der Waals surface area contributed by atoms with Gasteiger partial charge < -0.3 is 19.5 Å². The number of nitrogens with one attached hydrogen (secondary N) is 1. The molecule has 2 aromatic carbocycles. The number of para-hydroxylation sites is 1. The van der Waals surface area contributed by atoms with Crippen LogP contribution >= 0.6 is 15.9 Å². The summed E-state index contributed by atoms with van der Waals surface area (Å²) in [5, 5.41) is 2.74. The first-order valence-corrected chi connectivity index (χ1v) is 7.32. The predicted octanol–water partition coefficient (Wildman–Crippen LogP) is 3.48. The van der Waals surface area contributed by atoms with Crippen LogP contribution in [0.1, 0.15) is 0 Å². The minimum Gasteiger partial charge on any atom is -0.497 e. The van der Waals surface area contributed by atoms with Crippen molar-refractivity contribution in [3.63, 3.8) is 0 Å². The maximum Gasteiger partial charge on any atom is 0.262 e. The summed E-state index contributed by atoms with van der Waals surface area (Å²) < 4.78 is 16.6. The van der Waals surface area contributed by atoms with Crippen LogP contribution in [0.5, 0.6) is 17.2 Å². The highest BCUT2D eigenvalue weighted by atomic mass is 79.9. The number of benzene rings is 2. The number of hydrogen-bond acceptors (Lipinski definition) is 4. The van der Waals surface area contributed by atoms with Crippen molar-refractivity contribution in [3.05, 3.63) is 46.9 Å². The van der Waals surface area contributed by atoms with Gasteiger partial charge in [0.2, 0.25) is 0 Å². The van der Waals surface area contributed by atoms with Gasteiger partial charge in [0, 0.05) is 23.9 Å². The smallest absolute Gasteiger partial charge is 0.262 e. The minimum absolute atomic E-state index is 0.0951. The lowest BCUT2D eigenvalue weighted by atomic mass is 10.2. The molecule has 5 nitrogen and oxygen atoms in total. The Morgan fingerprint density at radius 3 is 2.32 bits per heavy atom. The molecular weight excluding hydrogens is 350 g/mol. The Kier molecular flexibility index (Phi) is 5.66. The van der Waals surface area contributed by atoms with Crippen molar-refractivity contribution in [2.75, 3.05) is 26.1 Å². The van der Waals surface area contributed by atoms with Crippen LogP contribution in [0, 0.1) is 0 Å². The molecule has 116 valence electrons. The maximum absolute atomic E-state index is 12.0. The quantitative estimate of drug-likeness (QED) is 0.851. The highest BCUT2D eigenvalue weighted by Crippen LogP contribution is 2.26. The van der Waals surface area contributed by atoms with E-state index in [1.807, 2.05) is 18.2 Å². The second-order valence-electron chi connectivity index (χ2n) is 4.37. The van der Waals surface area contributed by atoms with Crippen LogP contribution in [-0.2, 0) is 4.79 Å². The lowest BCUT2D eigenvalue weighted by Crippen LogP contribution is -2.20. The number of methoxy groups -OCH3 is 2. The molecule has 0 saturated carbocycles. The van der Waals surface area contributed by atoms with Crippen LogP contribution < -0.4 is 19.5 Å². The van der Waals surface area contributed by atoms with Gasteiger partial charge in [-0.15, -0.1) is 0 Å². The maximum atomic E-state index is 12.0. The van der Waals surface area contributed by atoms with E-state index in [-0.39, 0.29) is 12.5 Å². The number of halogens is 1. The number of rotatable bonds is 6. The summed E-state index contributed by atoms with van der Waals surface area (Å²) in [6.07, 6.45) is 0. The average molecular weight is 366 g/mol. The molecule has 0 aliphatic carbocycles. The van der Waals surface area contributed by atoms with Crippen LogP contribution in [0.2, 0.25) is 0 Å². The largest absolute Gasteiger partial charge is 0.497 e. The SMILES string of the molecule is COc1cc(NC(=O)COc2ccccc2Br)cc(OC)c1. The molecule has 0 radical (unpaired) electrons. The van der Waals surface area contributed by atoms with Gasteiger partial charge in [-0.3, -0.25) is 4.79 Å². The molecule has 0 bridgehead atoms. The minimum atomic E-state index is -0.272. The number of carbonyl (C=O) groups excluding carboxylic acids is 1. The zero-order chi connectivity index (χ0) is 15.9. The molecule has 2 rings (SSSR count). The van der Waals surface area contributed by atoms with Crippen molar-refractivity contribution in [2.24, 2.45) is 0 Å². The Morgan fingerprint density at radius 1 is 1.09 bits per heavy atom. The standard InChI is InChI=1S/C16H16BrNO4/c1-20-12-7-11(8-13(9-12)21-2)18-16(19)10-22-15-6-4-3-5-14(15)17/h3-9H,10H2,1-2H3,(H,18,19). The van der Waals surface area contributed by atoms with Crippen LogP contribution in [0.25, 0.3) is 0 Å². The lowest BCUT2D eigenvalue weighted by molar-refractivity contribution is -0.118. The number of amides is 1. The molecule has 0 fully saturated rings. The van der Waals surface area contributed by atoms with Crippen molar-refractivity contribution < 1.29 is 19.0 Å². The summed E-state index contributed by atoms with van der Waals surface area (Å²) in [4.78, 5) is 12.0. The number of ether oxygens (including phenoxy) is 3. The third kappa shape index (κ3) is 4.39. The van der Waals surface area contributed by atoms with Gasteiger partial charge in [0.15, 0.2) is 6.61 Å². The lowest BCUT2D eigenvalue weighted by Gasteiger charge is -2.11. The van der Waals surface area contributed by atoms with Crippen molar-refractivity contribution in [1.29, 1.82) is 0 Å². The Balaban J connectivity index is 1.98. The summed E-state index contributed by atoms with van der Waals surface area (Å²) in [6.45, 7) is -0.0951. The molecule has 0 unspecified atom stereocenters. The van der Waals surface area contributed by atoms with Crippen molar-refractivity contribution in [3.8, 4) is 17.2 Å². The van der Waals surface area contributed by atoms with E-state index in [1.54, 1.807) is 38.5 Å². The molecule has 1 N–H and O–H groups in total. The molecular formula is C16H16BrNO4. The zero-order valence-electron chi connectivity index (χ0n) is 12.3. The van der Waals surface area contributed by atoms with Gasteiger partial charge in [0.25, 0.3) is 5.91 Å². The van der Waals surface area contributed by atoms with Crippen LogP contribution in [-0.4, -0.2) is 26.7 Å². The summed E-state index contributed by atoms with van der Waals surface area (Å²) in [5.74, 6) is 1.54. The van der Waals surface area contributed by atoms with Gasteiger partial charge in [-0.2, -0.15) is 0 Å². The first-order chi connectivity index (χ1) is 10.6. The van der Waals surface area contributed by atoms with E-state index >= 15 is 0 Å². The van der Waals surface area contributed by atoms with Gasteiger partial charge >= 0.3 is 0 Å². The van der Waals surface area contributed by atoms with Crippen LogP contribution in [0.3, 0.4) is 0 Å². The number of anilines is 1. The second-order valence-corrected chi connectivity index (χ2v) is 5.22. The summed E-state index contributed by atoms with van der Waals surface area (Å²) in [6, 6.07) is 12.5. The number of hydrogen-bond donors (Lipinski definition) is 1. The molecule has 2 aromatic rings. The Hall–Kier alpha value is -2.21. The van der Waals surface area contributed by atoms with Crippen molar-refractivity contribution in [2.45, 2.75) is 0 Å². The molecule has 0 aliphatic rings. The predicted molar refractivity (Wildman–Crippen MR) is 87.8 cm³/mol. The number of carbonyl (C=O) groups is 1. The third-order valence-corrected chi connectivity index (χ3v) is 3.49. The molecule has 6 heteroatoms. The van der Waals surface area contributed by atoms with E-state index in [4.69, 9.17) is 14.2 Å². The fourth-order valence-electron chi connectivity index (χ4n) is 1.78. The van der Waals surface area contributed by atoms with Gasteiger partial charge in [-0.1, -0.05) is 12.1 Å².